The number of benzene rings is 1. The number of halogens is 1. The Bertz CT molecular complexity index is 832. The van der Waals surface area contributed by atoms with E-state index >= 15 is 0 Å². The van der Waals surface area contributed by atoms with Gasteiger partial charge in [0.2, 0.25) is 0 Å². The number of rotatable bonds is 2. The molecule has 9 heteroatoms. The van der Waals surface area contributed by atoms with E-state index in [1.54, 1.807) is 22.9 Å². The lowest BCUT2D eigenvalue weighted by atomic mass is 10.1. The zero-order chi connectivity index (χ0) is 15.9. The number of pyridine rings is 1. The predicted octanol–water partition coefficient (Wildman–Crippen LogP) is 0.774. The molecule has 2 N–H and O–H groups in total. The predicted molar refractivity (Wildman–Crippen MR) is 75.7 cm³/mol. The molecule has 0 bridgehead atoms. The van der Waals surface area contributed by atoms with Gasteiger partial charge in [0.1, 0.15) is 18.0 Å². The Kier molecular flexibility index (Phi) is 3.21. The number of hydrogen-bond donors (Lipinski definition) is 2. The second-order valence-electron chi connectivity index (χ2n) is 4.58. The molecule has 7 nitrogen and oxygen atoms in total. The molecule has 2 heterocycles. The van der Waals surface area contributed by atoms with Gasteiger partial charge in [-0.3, -0.25) is 9.78 Å². The van der Waals surface area contributed by atoms with Gasteiger partial charge >= 0.3 is 10.2 Å². The first kappa shape index (κ1) is 14.3. The van der Waals surface area contributed by atoms with Crippen molar-refractivity contribution in [2.24, 2.45) is 0 Å². The number of aromatic hydroxyl groups is 1. The molecule has 1 amide bonds. The molecular weight excluding hydrogens is 313 g/mol. The van der Waals surface area contributed by atoms with Crippen LogP contribution in [0.25, 0.3) is 11.3 Å². The van der Waals surface area contributed by atoms with Crippen molar-refractivity contribution < 1.29 is 22.7 Å². The van der Waals surface area contributed by atoms with E-state index in [-0.39, 0.29) is 5.56 Å². The highest BCUT2D eigenvalue weighted by Gasteiger charge is 2.37. The average Bonchev–Trinajstić information content (AvgIpc) is 2.72. The van der Waals surface area contributed by atoms with Crippen LogP contribution in [0.4, 0.5) is 10.1 Å². The summed E-state index contributed by atoms with van der Waals surface area (Å²) in [7, 11) is -4.19. The van der Waals surface area contributed by atoms with E-state index in [0.717, 1.165) is 6.07 Å². The van der Waals surface area contributed by atoms with Crippen molar-refractivity contribution in [1.29, 1.82) is 0 Å². The minimum atomic E-state index is -4.19. The first-order valence-corrected chi connectivity index (χ1v) is 7.60. The van der Waals surface area contributed by atoms with E-state index in [9.17, 15) is 22.7 Å². The summed E-state index contributed by atoms with van der Waals surface area (Å²) in [5.74, 6) is -2.37. The Morgan fingerprint density at radius 3 is 2.64 bits per heavy atom. The molecule has 1 aliphatic rings. The van der Waals surface area contributed by atoms with Crippen LogP contribution in [0, 0.1) is 5.82 Å². The fourth-order valence-electron chi connectivity index (χ4n) is 2.16. The summed E-state index contributed by atoms with van der Waals surface area (Å²) in [6.07, 6.45) is 1.51. The van der Waals surface area contributed by atoms with Crippen molar-refractivity contribution in [2.75, 3.05) is 10.8 Å². The van der Waals surface area contributed by atoms with Crippen molar-refractivity contribution in [3.63, 3.8) is 0 Å². The molecular formula is C13H10FN3O4S. The highest BCUT2D eigenvalue weighted by molar-refractivity contribution is 7.92. The van der Waals surface area contributed by atoms with E-state index < -0.39 is 39.9 Å². The topological polar surface area (TPSA) is 99.6 Å². The zero-order valence-corrected chi connectivity index (χ0v) is 11.8. The van der Waals surface area contributed by atoms with Crippen LogP contribution >= 0.6 is 0 Å². The van der Waals surface area contributed by atoms with Crippen LogP contribution in [0.5, 0.6) is 5.75 Å². The molecule has 114 valence electrons. The molecule has 0 radical (unpaired) electrons. The van der Waals surface area contributed by atoms with E-state index in [1.165, 1.54) is 12.3 Å². The number of carbonyl (C=O) groups excluding carboxylic acids is 1. The molecule has 0 unspecified atom stereocenters. The van der Waals surface area contributed by atoms with E-state index in [2.05, 4.69) is 4.98 Å². The molecule has 1 fully saturated rings. The first-order chi connectivity index (χ1) is 10.4. The Morgan fingerprint density at radius 2 is 2.09 bits per heavy atom. The van der Waals surface area contributed by atoms with Crippen LogP contribution in [-0.4, -0.2) is 31.0 Å². The Morgan fingerprint density at radius 1 is 1.32 bits per heavy atom. The molecule has 1 aliphatic heterocycles. The van der Waals surface area contributed by atoms with E-state index in [4.69, 9.17) is 0 Å². The van der Waals surface area contributed by atoms with E-state index in [1.807, 2.05) is 0 Å². The molecule has 0 spiro atoms. The lowest BCUT2D eigenvalue weighted by Gasteiger charge is -2.17. The van der Waals surface area contributed by atoms with Crippen LogP contribution < -0.4 is 9.03 Å². The molecule has 3 rings (SSSR count). The van der Waals surface area contributed by atoms with Crippen LogP contribution in [0.2, 0.25) is 0 Å². The molecule has 1 saturated heterocycles. The summed E-state index contributed by atoms with van der Waals surface area (Å²) in [6.45, 7) is -0.588. The van der Waals surface area contributed by atoms with Crippen molar-refractivity contribution in [3.8, 4) is 17.0 Å². The van der Waals surface area contributed by atoms with Gasteiger partial charge in [0, 0.05) is 11.8 Å². The van der Waals surface area contributed by atoms with Crippen LogP contribution in [0.1, 0.15) is 0 Å². The average molecular weight is 323 g/mol. The lowest BCUT2D eigenvalue weighted by Crippen LogP contribution is -2.30. The Labute approximate surface area is 125 Å². The smallest absolute Gasteiger partial charge is 0.326 e. The third-order valence-electron chi connectivity index (χ3n) is 3.07. The molecule has 0 atom stereocenters. The fourth-order valence-corrected chi connectivity index (χ4v) is 3.33. The number of amides is 1. The molecule has 0 saturated carbocycles. The van der Waals surface area contributed by atoms with Crippen molar-refractivity contribution in [3.05, 3.63) is 42.3 Å². The molecule has 1 aromatic heterocycles. The number of nitrogens with zero attached hydrogens (tertiary/aromatic N) is 2. The summed E-state index contributed by atoms with van der Waals surface area (Å²) in [6, 6.07) is 7.24. The third-order valence-corrected chi connectivity index (χ3v) is 4.45. The summed E-state index contributed by atoms with van der Waals surface area (Å²) in [4.78, 5) is 15.2. The van der Waals surface area contributed by atoms with Gasteiger partial charge in [-0.25, -0.2) is 13.4 Å². The second kappa shape index (κ2) is 4.95. The Hall–Kier alpha value is -2.68. The van der Waals surface area contributed by atoms with Crippen molar-refractivity contribution >= 4 is 21.8 Å². The molecule has 0 aliphatic carbocycles. The van der Waals surface area contributed by atoms with Gasteiger partial charge in [-0.15, -0.1) is 0 Å². The van der Waals surface area contributed by atoms with Gasteiger partial charge in [-0.1, -0.05) is 6.07 Å². The maximum absolute atomic E-state index is 14.3. The van der Waals surface area contributed by atoms with E-state index in [0.29, 0.717) is 10.00 Å². The van der Waals surface area contributed by atoms with Crippen LogP contribution in [-0.2, 0) is 15.0 Å². The van der Waals surface area contributed by atoms with Gasteiger partial charge in [0.05, 0.1) is 5.69 Å². The first-order valence-electron chi connectivity index (χ1n) is 6.16. The molecule has 22 heavy (non-hydrogen) atoms. The quantitative estimate of drug-likeness (QED) is 0.850. The number of phenols is 1. The number of anilines is 1. The van der Waals surface area contributed by atoms with Gasteiger partial charge in [-0.05, 0) is 24.3 Å². The Balaban J connectivity index is 2.10. The standard InChI is InChI=1S/C13H10FN3O4S/c14-9-5-8(10-3-1-2-4-15-10)6-11(18)13(9)17-7-12(19)16-22(17,20)21/h1-6,18H,7H2,(H,16,19). The maximum Gasteiger partial charge on any atom is 0.326 e. The fraction of sp³-hybridized carbons (Fsp3) is 0.0769. The summed E-state index contributed by atoms with van der Waals surface area (Å²) >= 11 is 0. The third kappa shape index (κ3) is 2.35. The van der Waals surface area contributed by atoms with Gasteiger partial charge in [-0.2, -0.15) is 8.42 Å². The number of aromatic nitrogens is 1. The van der Waals surface area contributed by atoms with Crippen LogP contribution in [0.3, 0.4) is 0 Å². The normalized spacial score (nSPS) is 16.6. The van der Waals surface area contributed by atoms with Gasteiger partial charge < -0.3 is 5.11 Å². The number of nitrogens with one attached hydrogen (secondary N) is 1. The maximum atomic E-state index is 14.3. The minimum absolute atomic E-state index is 0.287. The second-order valence-corrected chi connectivity index (χ2v) is 6.17. The summed E-state index contributed by atoms with van der Waals surface area (Å²) in [5.41, 5.74) is 0.134. The molecule has 1 aromatic carbocycles. The highest BCUT2D eigenvalue weighted by atomic mass is 32.2. The van der Waals surface area contributed by atoms with Crippen molar-refractivity contribution in [1.82, 2.24) is 9.71 Å². The zero-order valence-electron chi connectivity index (χ0n) is 11.0. The number of carbonyl (C=O) groups is 1. The van der Waals surface area contributed by atoms with Gasteiger partial charge in [0.15, 0.2) is 5.82 Å². The monoisotopic (exact) mass is 323 g/mol. The number of phenolic OH excluding ortho intramolecular Hbond substituents is 1. The molecule has 2 aromatic rings. The highest BCUT2D eigenvalue weighted by Crippen LogP contribution is 2.36. The van der Waals surface area contributed by atoms with Crippen LogP contribution in [0.15, 0.2) is 36.5 Å². The largest absolute Gasteiger partial charge is 0.506 e. The summed E-state index contributed by atoms with van der Waals surface area (Å²) < 4.78 is 40.0. The lowest BCUT2D eigenvalue weighted by molar-refractivity contribution is -0.117. The van der Waals surface area contributed by atoms with Crippen molar-refractivity contribution in [2.45, 2.75) is 0 Å². The number of hydrogen-bond acceptors (Lipinski definition) is 5. The SMILES string of the molecule is O=C1CN(c2c(O)cc(-c3ccccn3)cc2F)S(=O)(=O)N1. The van der Waals surface area contributed by atoms with Gasteiger partial charge in [0.25, 0.3) is 5.91 Å². The minimum Gasteiger partial charge on any atom is -0.506 e. The summed E-state index contributed by atoms with van der Waals surface area (Å²) in [5, 5.41) is 10.00.